The van der Waals surface area contributed by atoms with Crippen LogP contribution in [0.2, 0.25) is 0 Å². The molecule has 1 atom stereocenters. The zero-order chi connectivity index (χ0) is 16.7. The largest absolute Gasteiger partial charge is 0.383 e. The molecule has 2 aliphatic rings. The SMILES string of the molecule is COCC1c2nnn(CC3CC3)c2CCN1Cc1c(C)noc1C. The van der Waals surface area contributed by atoms with E-state index < -0.39 is 0 Å². The van der Waals surface area contributed by atoms with Gasteiger partial charge in [0.15, 0.2) is 0 Å². The lowest BCUT2D eigenvalue weighted by atomic mass is 10.0. The molecule has 1 aliphatic heterocycles. The molecule has 130 valence electrons. The van der Waals surface area contributed by atoms with Crippen LogP contribution in [0, 0.1) is 19.8 Å². The first kappa shape index (κ1) is 15.8. The molecule has 0 N–H and O–H groups in total. The summed E-state index contributed by atoms with van der Waals surface area (Å²) in [4.78, 5) is 2.41. The average molecular weight is 331 g/mol. The lowest BCUT2D eigenvalue weighted by Gasteiger charge is -2.34. The third kappa shape index (κ3) is 2.86. The van der Waals surface area contributed by atoms with Gasteiger partial charge in [-0.25, -0.2) is 4.68 Å². The van der Waals surface area contributed by atoms with E-state index in [0.717, 1.165) is 49.1 Å². The van der Waals surface area contributed by atoms with Crippen molar-refractivity contribution in [2.45, 2.75) is 52.2 Å². The number of aromatic nitrogens is 4. The summed E-state index contributed by atoms with van der Waals surface area (Å²) in [6.45, 7) is 7.40. The summed E-state index contributed by atoms with van der Waals surface area (Å²) in [5, 5.41) is 13.0. The van der Waals surface area contributed by atoms with Crippen molar-refractivity contribution in [3.63, 3.8) is 0 Å². The third-order valence-corrected chi connectivity index (χ3v) is 5.25. The van der Waals surface area contributed by atoms with Gasteiger partial charge in [-0.1, -0.05) is 10.4 Å². The first-order valence-corrected chi connectivity index (χ1v) is 8.74. The van der Waals surface area contributed by atoms with Crippen LogP contribution in [0.4, 0.5) is 0 Å². The predicted molar refractivity (Wildman–Crippen MR) is 87.5 cm³/mol. The van der Waals surface area contributed by atoms with E-state index in [1.54, 1.807) is 7.11 Å². The van der Waals surface area contributed by atoms with E-state index in [2.05, 4.69) is 25.1 Å². The minimum Gasteiger partial charge on any atom is -0.383 e. The molecule has 0 saturated heterocycles. The van der Waals surface area contributed by atoms with Crippen molar-refractivity contribution in [3.05, 3.63) is 28.4 Å². The molecule has 0 bridgehead atoms. The molecule has 0 radical (unpaired) electrons. The highest BCUT2D eigenvalue weighted by molar-refractivity contribution is 5.24. The second kappa shape index (κ2) is 6.29. The standard InChI is InChI=1S/C17H25N5O2/c1-11-14(12(2)24-19-11)9-21-7-6-15-17(16(21)10-23-3)18-20-22(15)8-13-4-5-13/h13,16H,4-10H2,1-3H3. The van der Waals surface area contributed by atoms with Crippen molar-refractivity contribution in [1.82, 2.24) is 25.1 Å². The highest BCUT2D eigenvalue weighted by Crippen LogP contribution is 2.34. The van der Waals surface area contributed by atoms with Gasteiger partial charge in [0.1, 0.15) is 11.5 Å². The molecular weight excluding hydrogens is 306 g/mol. The van der Waals surface area contributed by atoms with Gasteiger partial charge in [0, 0.05) is 38.7 Å². The van der Waals surface area contributed by atoms with Crippen LogP contribution >= 0.6 is 0 Å². The Balaban J connectivity index is 1.59. The van der Waals surface area contributed by atoms with Crippen molar-refractivity contribution in [3.8, 4) is 0 Å². The number of aryl methyl sites for hydroxylation is 2. The Bertz CT molecular complexity index is 699. The van der Waals surface area contributed by atoms with Crippen LogP contribution in [0.15, 0.2) is 4.52 Å². The normalized spacial score (nSPS) is 21.2. The zero-order valence-corrected chi connectivity index (χ0v) is 14.7. The summed E-state index contributed by atoms with van der Waals surface area (Å²) < 4.78 is 12.9. The van der Waals surface area contributed by atoms with Crippen molar-refractivity contribution >= 4 is 0 Å². The predicted octanol–water partition coefficient (Wildman–Crippen LogP) is 2.04. The van der Waals surface area contributed by atoms with Crippen molar-refractivity contribution < 1.29 is 9.26 Å². The van der Waals surface area contributed by atoms with Crippen LogP contribution in [0.5, 0.6) is 0 Å². The zero-order valence-electron chi connectivity index (χ0n) is 14.7. The molecule has 24 heavy (non-hydrogen) atoms. The molecule has 1 fully saturated rings. The van der Waals surface area contributed by atoms with Gasteiger partial charge in [0.25, 0.3) is 0 Å². The van der Waals surface area contributed by atoms with Crippen LogP contribution < -0.4 is 0 Å². The van der Waals surface area contributed by atoms with Crippen LogP contribution in [0.3, 0.4) is 0 Å². The van der Waals surface area contributed by atoms with Gasteiger partial charge in [-0.2, -0.15) is 0 Å². The van der Waals surface area contributed by atoms with Crippen LogP contribution in [-0.4, -0.2) is 45.3 Å². The monoisotopic (exact) mass is 331 g/mol. The summed E-state index contributed by atoms with van der Waals surface area (Å²) in [7, 11) is 1.75. The summed E-state index contributed by atoms with van der Waals surface area (Å²) >= 11 is 0. The van der Waals surface area contributed by atoms with E-state index in [4.69, 9.17) is 9.26 Å². The second-order valence-electron chi connectivity index (χ2n) is 7.04. The topological polar surface area (TPSA) is 69.2 Å². The quantitative estimate of drug-likeness (QED) is 0.807. The Morgan fingerprint density at radius 1 is 1.29 bits per heavy atom. The van der Waals surface area contributed by atoms with Crippen molar-refractivity contribution in [2.24, 2.45) is 5.92 Å². The van der Waals surface area contributed by atoms with Gasteiger partial charge in [-0.05, 0) is 32.6 Å². The average Bonchev–Trinajstić information content (AvgIpc) is 3.22. The summed E-state index contributed by atoms with van der Waals surface area (Å²) in [5.74, 6) is 1.70. The van der Waals surface area contributed by atoms with Gasteiger partial charge in [-0.3, -0.25) is 4.90 Å². The maximum absolute atomic E-state index is 5.49. The highest BCUT2D eigenvalue weighted by atomic mass is 16.5. The van der Waals surface area contributed by atoms with E-state index >= 15 is 0 Å². The molecule has 0 amide bonds. The Kier molecular flexibility index (Phi) is 4.14. The highest BCUT2D eigenvalue weighted by Gasteiger charge is 2.34. The van der Waals surface area contributed by atoms with E-state index in [9.17, 15) is 0 Å². The first-order valence-electron chi connectivity index (χ1n) is 8.74. The summed E-state index contributed by atoms with van der Waals surface area (Å²) in [6.07, 6.45) is 3.64. The van der Waals surface area contributed by atoms with Crippen LogP contribution in [-0.2, 0) is 24.2 Å². The number of ether oxygens (including phenoxy) is 1. The number of fused-ring (bicyclic) bond motifs is 1. The molecule has 2 aromatic heterocycles. The fourth-order valence-electron chi connectivity index (χ4n) is 3.59. The number of methoxy groups -OCH3 is 1. The van der Waals surface area contributed by atoms with E-state index in [-0.39, 0.29) is 6.04 Å². The van der Waals surface area contributed by atoms with Gasteiger partial charge in [-0.15, -0.1) is 5.10 Å². The lowest BCUT2D eigenvalue weighted by Crippen LogP contribution is -2.38. The van der Waals surface area contributed by atoms with Crippen molar-refractivity contribution in [1.29, 1.82) is 0 Å². The Labute approximate surface area is 141 Å². The smallest absolute Gasteiger partial charge is 0.138 e. The molecule has 0 aromatic carbocycles. The summed E-state index contributed by atoms with van der Waals surface area (Å²) in [6, 6.07) is 0.139. The Morgan fingerprint density at radius 2 is 2.12 bits per heavy atom. The molecular formula is C17H25N5O2. The van der Waals surface area contributed by atoms with Gasteiger partial charge in [0.2, 0.25) is 0 Å². The number of hydrogen-bond acceptors (Lipinski definition) is 6. The minimum absolute atomic E-state index is 0.139. The molecule has 3 heterocycles. The molecule has 1 saturated carbocycles. The first-order chi connectivity index (χ1) is 11.7. The third-order valence-electron chi connectivity index (χ3n) is 5.25. The Hall–Kier alpha value is -1.73. The second-order valence-corrected chi connectivity index (χ2v) is 7.04. The van der Waals surface area contributed by atoms with E-state index in [1.165, 1.54) is 24.1 Å². The molecule has 0 spiro atoms. The molecule has 1 aliphatic carbocycles. The number of rotatable bonds is 6. The van der Waals surface area contributed by atoms with Crippen LogP contribution in [0.1, 0.15) is 47.3 Å². The fourth-order valence-corrected chi connectivity index (χ4v) is 3.59. The summed E-state index contributed by atoms with van der Waals surface area (Å²) in [5.41, 5.74) is 4.51. The van der Waals surface area contributed by atoms with Gasteiger partial charge in [0.05, 0.1) is 24.0 Å². The molecule has 7 nitrogen and oxygen atoms in total. The van der Waals surface area contributed by atoms with Crippen LogP contribution in [0.25, 0.3) is 0 Å². The van der Waals surface area contributed by atoms with E-state index in [1.807, 2.05) is 13.8 Å². The van der Waals surface area contributed by atoms with E-state index in [0.29, 0.717) is 6.61 Å². The minimum atomic E-state index is 0.139. The fraction of sp³-hybridized carbons (Fsp3) is 0.706. The maximum atomic E-state index is 5.49. The van der Waals surface area contributed by atoms with Crippen molar-refractivity contribution in [2.75, 3.05) is 20.3 Å². The molecule has 7 heteroatoms. The lowest BCUT2D eigenvalue weighted by molar-refractivity contribution is 0.0745. The van der Waals surface area contributed by atoms with Gasteiger partial charge >= 0.3 is 0 Å². The van der Waals surface area contributed by atoms with Gasteiger partial charge < -0.3 is 9.26 Å². The molecule has 1 unspecified atom stereocenters. The Morgan fingerprint density at radius 3 is 2.79 bits per heavy atom. The number of nitrogens with zero attached hydrogens (tertiary/aromatic N) is 5. The maximum Gasteiger partial charge on any atom is 0.138 e. The number of hydrogen-bond donors (Lipinski definition) is 0. The molecule has 4 rings (SSSR count). The molecule has 2 aromatic rings.